The van der Waals surface area contributed by atoms with Gasteiger partial charge in [-0.2, -0.15) is 0 Å². The Morgan fingerprint density at radius 3 is 2.94 bits per heavy atom. The molecule has 0 spiro atoms. The highest BCUT2D eigenvalue weighted by Gasteiger charge is 2.12. The zero-order valence-electron chi connectivity index (χ0n) is 9.71. The number of rotatable bonds is 2. The highest BCUT2D eigenvalue weighted by atomic mass is 16.5. The van der Waals surface area contributed by atoms with Gasteiger partial charge in [-0.3, -0.25) is 4.99 Å². The van der Waals surface area contributed by atoms with Crippen LogP contribution in [0, 0.1) is 0 Å². The Morgan fingerprint density at radius 1 is 1.22 bits per heavy atom. The summed E-state index contributed by atoms with van der Waals surface area (Å²) < 4.78 is 5.32. The van der Waals surface area contributed by atoms with Gasteiger partial charge in [0.05, 0.1) is 0 Å². The summed E-state index contributed by atoms with van der Waals surface area (Å²) in [5.41, 5.74) is 2.61. The van der Waals surface area contributed by atoms with Crippen LogP contribution in [-0.4, -0.2) is 16.5 Å². The van der Waals surface area contributed by atoms with Crippen molar-refractivity contribution in [3.05, 3.63) is 42.3 Å². The van der Waals surface area contributed by atoms with Crippen molar-refractivity contribution in [2.24, 2.45) is 4.99 Å². The molecule has 1 N–H and O–H groups in total. The molecule has 90 valence electrons. The van der Waals surface area contributed by atoms with E-state index < -0.39 is 0 Å². The van der Waals surface area contributed by atoms with E-state index in [2.05, 4.69) is 10.1 Å². The Morgan fingerprint density at radius 2 is 2.17 bits per heavy atom. The summed E-state index contributed by atoms with van der Waals surface area (Å²) in [7, 11) is 0. The van der Waals surface area contributed by atoms with Crippen LogP contribution < -0.4 is 0 Å². The van der Waals surface area contributed by atoms with Gasteiger partial charge in [0.2, 0.25) is 0 Å². The number of aliphatic imine (C=N–C) groups is 1. The number of hydrogen-bond acceptors (Lipinski definition) is 4. The SMILES string of the molecule is Oc1cccc(-c2cc(C3=CN=CCC3)on2)c1. The number of phenols is 1. The van der Waals surface area contributed by atoms with Crippen molar-refractivity contribution < 1.29 is 9.63 Å². The van der Waals surface area contributed by atoms with Crippen molar-refractivity contribution in [2.75, 3.05) is 0 Å². The van der Waals surface area contributed by atoms with E-state index >= 15 is 0 Å². The van der Waals surface area contributed by atoms with Crippen molar-refractivity contribution in [3.63, 3.8) is 0 Å². The Hall–Kier alpha value is -2.36. The van der Waals surface area contributed by atoms with Gasteiger partial charge in [0.25, 0.3) is 0 Å². The molecule has 1 aromatic carbocycles. The van der Waals surface area contributed by atoms with Crippen LogP contribution >= 0.6 is 0 Å². The zero-order valence-corrected chi connectivity index (χ0v) is 9.71. The van der Waals surface area contributed by atoms with Gasteiger partial charge >= 0.3 is 0 Å². The van der Waals surface area contributed by atoms with Crippen LogP contribution in [0.15, 0.2) is 46.0 Å². The monoisotopic (exact) mass is 240 g/mol. The number of nitrogens with zero attached hydrogens (tertiary/aromatic N) is 2. The summed E-state index contributed by atoms with van der Waals surface area (Å²) in [6.07, 6.45) is 5.53. The molecule has 0 unspecified atom stereocenters. The van der Waals surface area contributed by atoms with Gasteiger partial charge in [0, 0.05) is 29.6 Å². The van der Waals surface area contributed by atoms with Crippen LogP contribution in [0.3, 0.4) is 0 Å². The molecule has 2 heterocycles. The van der Waals surface area contributed by atoms with Gasteiger partial charge in [0.1, 0.15) is 11.4 Å². The molecule has 0 aliphatic carbocycles. The van der Waals surface area contributed by atoms with Crippen LogP contribution in [-0.2, 0) is 0 Å². The van der Waals surface area contributed by atoms with Gasteiger partial charge in [0.15, 0.2) is 5.76 Å². The van der Waals surface area contributed by atoms with Crippen molar-refractivity contribution >= 4 is 11.8 Å². The van der Waals surface area contributed by atoms with Gasteiger partial charge in [-0.1, -0.05) is 17.3 Å². The Balaban J connectivity index is 1.94. The Kier molecular flexibility index (Phi) is 2.68. The minimum atomic E-state index is 0.221. The lowest BCUT2D eigenvalue weighted by atomic mass is 10.1. The first-order chi connectivity index (χ1) is 8.83. The summed E-state index contributed by atoms with van der Waals surface area (Å²) in [5, 5.41) is 13.5. The molecule has 0 saturated carbocycles. The lowest BCUT2D eigenvalue weighted by Gasteiger charge is -2.02. The average molecular weight is 240 g/mol. The van der Waals surface area contributed by atoms with E-state index in [1.54, 1.807) is 24.4 Å². The summed E-state index contributed by atoms with van der Waals surface area (Å²) in [6.45, 7) is 0. The first-order valence-electron chi connectivity index (χ1n) is 5.80. The second-order valence-electron chi connectivity index (χ2n) is 4.15. The molecular formula is C14H12N2O2. The third-order valence-corrected chi connectivity index (χ3v) is 2.85. The molecule has 0 amide bonds. The summed E-state index contributed by atoms with van der Waals surface area (Å²) in [4.78, 5) is 4.12. The second kappa shape index (κ2) is 4.49. The number of aromatic hydroxyl groups is 1. The fourth-order valence-electron chi connectivity index (χ4n) is 1.92. The smallest absolute Gasteiger partial charge is 0.165 e. The maximum absolute atomic E-state index is 9.44. The van der Waals surface area contributed by atoms with Crippen molar-refractivity contribution in [1.29, 1.82) is 0 Å². The lowest BCUT2D eigenvalue weighted by molar-refractivity contribution is 0.411. The van der Waals surface area contributed by atoms with Gasteiger partial charge < -0.3 is 9.63 Å². The molecule has 18 heavy (non-hydrogen) atoms. The fourth-order valence-corrected chi connectivity index (χ4v) is 1.92. The van der Waals surface area contributed by atoms with Crippen molar-refractivity contribution in [2.45, 2.75) is 12.8 Å². The quantitative estimate of drug-likeness (QED) is 0.876. The molecule has 0 atom stereocenters. The number of allylic oxidation sites excluding steroid dienone is 1. The maximum atomic E-state index is 9.44. The molecule has 1 aromatic heterocycles. The molecule has 1 aliphatic heterocycles. The second-order valence-corrected chi connectivity index (χ2v) is 4.15. The highest BCUT2D eigenvalue weighted by molar-refractivity contribution is 5.73. The van der Waals surface area contributed by atoms with E-state index in [1.807, 2.05) is 18.3 Å². The summed E-state index contributed by atoms with van der Waals surface area (Å²) >= 11 is 0. The van der Waals surface area contributed by atoms with Crippen LogP contribution in [0.25, 0.3) is 16.8 Å². The number of hydrogen-bond donors (Lipinski definition) is 1. The largest absolute Gasteiger partial charge is 0.508 e. The lowest BCUT2D eigenvalue weighted by Crippen LogP contribution is -1.88. The van der Waals surface area contributed by atoms with Crippen molar-refractivity contribution in [1.82, 2.24) is 5.16 Å². The molecule has 0 fully saturated rings. The number of aromatic nitrogens is 1. The summed E-state index contributed by atoms with van der Waals surface area (Å²) in [6, 6.07) is 8.83. The fraction of sp³-hybridized carbons (Fsp3) is 0.143. The van der Waals surface area contributed by atoms with Gasteiger partial charge in [-0.05, 0) is 25.0 Å². The predicted octanol–water partition coefficient (Wildman–Crippen LogP) is 3.25. The van der Waals surface area contributed by atoms with Crippen LogP contribution in [0.1, 0.15) is 18.6 Å². The third-order valence-electron chi connectivity index (χ3n) is 2.85. The Bertz CT molecular complexity index is 626. The summed E-state index contributed by atoms with van der Waals surface area (Å²) in [5.74, 6) is 0.962. The first kappa shape index (κ1) is 10.8. The Labute approximate surface area is 104 Å². The van der Waals surface area contributed by atoms with Crippen LogP contribution in [0.5, 0.6) is 5.75 Å². The van der Waals surface area contributed by atoms with E-state index in [-0.39, 0.29) is 5.75 Å². The van der Waals surface area contributed by atoms with E-state index in [1.165, 1.54) is 0 Å². The van der Waals surface area contributed by atoms with E-state index in [0.29, 0.717) is 0 Å². The molecule has 4 heteroatoms. The number of benzene rings is 1. The number of phenolic OH excluding ortho intramolecular Hbond substituents is 1. The molecule has 2 aromatic rings. The molecule has 3 rings (SSSR count). The zero-order chi connectivity index (χ0) is 12.4. The third kappa shape index (κ3) is 2.05. The first-order valence-corrected chi connectivity index (χ1v) is 5.80. The molecule has 0 saturated heterocycles. The molecule has 0 bridgehead atoms. The molecular weight excluding hydrogens is 228 g/mol. The van der Waals surface area contributed by atoms with E-state index in [4.69, 9.17) is 4.52 Å². The van der Waals surface area contributed by atoms with Gasteiger partial charge in [-0.15, -0.1) is 0 Å². The minimum Gasteiger partial charge on any atom is -0.508 e. The normalized spacial score (nSPS) is 14.6. The average Bonchev–Trinajstić information content (AvgIpc) is 2.89. The predicted molar refractivity (Wildman–Crippen MR) is 69.3 cm³/mol. The molecule has 4 nitrogen and oxygen atoms in total. The van der Waals surface area contributed by atoms with Crippen LogP contribution in [0.4, 0.5) is 0 Å². The highest BCUT2D eigenvalue weighted by Crippen LogP contribution is 2.28. The van der Waals surface area contributed by atoms with Crippen LogP contribution in [0.2, 0.25) is 0 Å². The maximum Gasteiger partial charge on any atom is 0.165 e. The van der Waals surface area contributed by atoms with E-state index in [0.717, 1.165) is 35.4 Å². The van der Waals surface area contributed by atoms with Crippen molar-refractivity contribution in [3.8, 4) is 17.0 Å². The van der Waals surface area contributed by atoms with E-state index in [9.17, 15) is 5.11 Å². The standard InChI is InChI=1S/C14H12N2O2/c17-12-5-1-3-10(7-12)13-8-14(18-16-13)11-4-2-6-15-9-11/h1,3,5-9,17H,2,4H2. The minimum absolute atomic E-state index is 0.221. The topological polar surface area (TPSA) is 58.6 Å². The van der Waals surface area contributed by atoms with Gasteiger partial charge in [-0.25, -0.2) is 0 Å². The molecule has 1 aliphatic rings. The molecule has 0 radical (unpaired) electrons.